The van der Waals surface area contributed by atoms with E-state index < -0.39 is 0 Å². The first-order chi connectivity index (χ1) is 6.33. The van der Waals surface area contributed by atoms with E-state index >= 15 is 0 Å². The molecule has 1 aromatic carbocycles. The van der Waals surface area contributed by atoms with E-state index in [1.165, 1.54) is 11.1 Å². The van der Waals surface area contributed by atoms with Gasteiger partial charge in [0.05, 0.1) is 0 Å². The fourth-order valence-electron chi connectivity index (χ4n) is 1.11. The molecule has 0 spiro atoms. The van der Waals surface area contributed by atoms with Crippen molar-refractivity contribution < 1.29 is 0 Å². The molecule has 0 aliphatic carbocycles. The largest absolute Gasteiger partial charge is 0.103 e. The van der Waals surface area contributed by atoms with Gasteiger partial charge < -0.3 is 0 Å². The maximum absolute atomic E-state index is 3.68. The lowest BCUT2D eigenvalue weighted by atomic mass is 10.1. The summed E-state index contributed by atoms with van der Waals surface area (Å²) in [5.74, 6) is 0. The van der Waals surface area contributed by atoms with Gasteiger partial charge in [0.25, 0.3) is 0 Å². The maximum atomic E-state index is 3.68. The van der Waals surface area contributed by atoms with Gasteiger partial charge in [0, 0.05) is 0 Å². The van der Waals surface area contributed by atoms with Crippen LogP contribution in [0.3, 0.4) is 0 Å². The highest BCUT2D eigenvalue weighted by molar-refractivity contribution is 5.49. The lowest BCUT2D eigenvalue weighted by Gasteiger charge is -1.94. The molecule has 0 N–H and O–H groups in total. The van der Waals surface area contributed by atoms with Crippen LogP contribution in [-0.2, 0) is 0 Å². The molecule has 0 fully saturated rings. The number of hydrogen-bond donors (Lipinski definition) is 0. The van der Waals surface area contributed by atoms with Gasteiger partial charge in [0.1, 0.15) is 0 Å². The summed E-state index contributed by atoms with van der Waals surface area (Å²) < 4.78 is 0. The predicted octanol–water partition coefficient (Wildman–Crippen LogP) is 3.97. The third-order valence-electron chi connectivity index (χ3n) is 1.93. The quantitative estimate of drug-likeness (QED) is 0.476. The van der Waals surface area contributed by atoms with E-state index in [0.717, 1.165) is 12.8 Å². The average molecular weight is 172 g/mol. The van der Waals surface area contributed by atoms with Crippen LogP contribution < -0.4 is 0 Å². The third kappa shape index (κ3) is 3.75. The molecular formula is C13H16. The van der Waals surface area contributed by atoms with Crippen molar-refractivity contribution in [2.75, 3.05) is 0 Å². The lowest BCUT2D eigenvalue weighted by Crippen LogP contribution is -1.73. The Hall–Kier alpha value is -1.30. The van der Waals surface area contributed by atoms with Crippen molar-refractivity contribution >= 4 is 6.08 Å². The van der Waals surface area contributed by atoms with Crippen molar-refractivity contribution in [2.24, 2.45) is 0 Å². The highest BCUT2D eigenvalue weighted by Gasteiger charge is 1.85. The molecule has 0 heteroatoms. The molecule has 0 saturated carbocycles. The van der Waals surface area contributed by atoms with Crippen molar-refractivity contribution in [3.8, 4) is 0 Å². The zero-order chi connectivity index (χ0) is 9.52. The second kappa shape index (κ2) is 5.36. The number of allylic oxidation sites excluding steroid dienone is 2. The van der Waals surface area contributed by atoms with Crippen molar-refractivity contribution in [3.05, 3.63) is 54.1 Å². The number of rotatable bonds is 4. The summed E-state index contributed by atoms with van der Waals surface area (Å²) in [4.78, 5) is 0. The SMILES string of the molecule is C=CCCC=Cc1ccc(C)cc1. The second-order valence-electron chi connectivity index (χ2n) is 3.18. The van der Waals surface area contributed by atoms with E-state index in [1.807, 2.05) is 6.08 Å². The van der Waals surface area contributed by atoms with Gasteiger partial charge in [-0.1, -0.05) is 48.1 Å². The van der Waals surface area contributed by atoms with Gasteiger partial charge in [0.15, 0.2) is 0 Å². The summed E-state index contributed by atoms with van der Waals surface area (Å²) in [7, 11) is 0. The van der Waals surface area contributed by atoms with Crippen LogP contribution in [0.25, 0.3) is 6.08 Å². The summed E-state index contributed by atoms with van der Waals surface area (Å²) in [6.07, 6.45) is 8.43. The van der Waals surface area contributed by atoms with E-state index in [1.54, 1.807) is 0 Å². The minimum absolute atomic E-state index is 1.06. The molecule has 0 nitrogen and oxygen atoms in total. The Balaban J connectivity index is 2.49. The summed E-state index contributed by atoms with van der Waals surface area (Å²) in [6.45, 7) is 5.79. The summed E-state index contributed by atoms with van der Waals surface area (Å²) in [6, 6.07) is 8.54. The van der Waals surface area contributed by atoms with Crippen LogP contribution in [0, 0.1) is 6.92 Å². The Morgan fingerprint density at radius 1 is 1.15 bits per heavy atom. The predicted molar refractivity (Wildman–Crippen MR) is 59.6 cm³/mol. The van der Waals surface area contributed by atoms with Crippen molar-refractivity contribution in [3.63, 3.8) is 0 Å². The molecule has 0 radical (unpaired) electrons. The van der Waals surface area contributed by atoms with Gasteiger partial charge in [-0.05, 0) is 25.3 Å². The molecule has 0 aliphatic heterocycles. The Bertz CT molecular complexity index is 277. The maximum Gasteiger partial charge on any atom is -0.0260 e. The highest BCUT2D eigenvalue weighted by Crippen LogP contribution is 2.05. The first-order valence-corrected chi connectivity index (χ1v) is 4.67. The first kappa shape index (κ1) is 9.79. The molecule has 1 aromatic rings. The molecule has 0 bridgehead atoms. The normalized spacial score (nSPS) is 10.5. The van der Waals surface area contributed by atoms with Gasteiger partial charge in [-0.2, -0.15) is 0 Å². The highest BCUT2D eigenvalue weighted by atomic mass is 13.9. The van der Waals surface area contributed by atoms with E-state index in [2.05, 4.69) is 49.9 Å². The molecule has 0 amide bonds. The number of benzene rings is 1. The lowest BCUT2D eigenvalue weighted by molar-refractivity contribution is 1.06. The van der Waals surface area contributed by atoms with Crippen LogP contribution in [0.1, 0.15) is 24.0 Å². The van der Waals surface area contributed by atoms with Gasteiger partial charge >= 0.3 is 0 Å². The van der Waals surface area contributed by atoms with E-state index in [0.29, 0.717) is 0 Å². The Kier molecular flexibility index (Phi) is 4.04. The molecular weight excluding hydrogens is 156 g/mol. The standard InChI is InChI=1S/C13H16/c1-3-4-5-6-7-13-10-8-12(2)9-11-13/h3,6-11H,1,4-5H2,2H3. The molecule has 0 atom stereocenters. The monoisotopic (exact) mass is 172 g/mol. The summed E-state index contributed by atoms with van der Waals surface area (Å²) >= 11 is 0. The minimum Gasteiger partial charge on any atom is -0.103 e. The Morgan fingerprint density at radius 3 is 2.46 bits per heavy atom. The van der Waals surface area contributed by atoms with Crippen LogP contribution in [0.2, 0.25) is 0 Å². The van der Waals surface area contributed by atoms with Crippen LogP contribution in [-0.4, -0.2) is 0 Å². The second-order valence-corrected chi connectivity index (χ2v) is 3.18. The van der Waals surface area contributed by atoms with Crippen LogP contribution in [0.4, 0.5) is 0 Å². The van der Waals surface area contributed by atoms with Gasteiger partial charge in [0.2, 0.25) is 0 Å². The third-order valence-corrected chi connectivity index (χ3v) is 1.93. The summed E-state index contributed by atoms with van der Waals surface area (Å²) in [5, 5.41) is 0. The minimum atomic E-state index is 1.06. The molecule has 0 aliphatic rings. The molecule has 0 unspecified atom stereocenters. The summed E-state index contributed by atoms with van der Waals surface area (Å²) in [5.41, 5.74) is 2.58. The van der Waals surface area contributed by atoms with Crippen LogP contribution >= 0.6 is 0 Å². The Labute approximate surface area is 80.6 Å². The molecule has 0 aromatic heterocycles. The van der Waals surface area contributed by atoms with E-state index in [-0.39, 0.29) is 0 Å². The number of hydrogen-bond acceptors (Lipinski definition) is 0. The topological polar surface area (TPSA) is 0 Å². The van der Waals surface area contributed by atoms with Crippen LogP contribution in [0.15, 0.2) is 43.0 Å². The first-order valence-electron chi connectivity index (χ1n) is 4.67. The van der Waals surface area contributed by atoms with E-state index in [4.69, 9.17) is 0 Å². The number of unbranched alkanes of at least 4 members (excludes halogenated alkanes) is 1. The molecule has 1 rings (SSSR count). The molecule has 0 heterocycles. The number of aryl methyl sites for hydroxylation is 1. The van der Waals surface area contributed by atoms with Gasteiger partial charge in [-0.3, -0.25) is 0 Å². The van der Waals surface area contributed by atoms with Gasteiger partial charge in [-0.15, -0.1) is 6.58 Å². The average Bonchev–Trinajstić information content (AvgIpc) is 2.15. The fourth-order valence-corrected chi connectivity index (χ4v) is 1.11. The van der Waals surface area contributed by atoms with Crippen molar-refractivity contribution in [2.45, 2.75) is 19.8 Å². The van der Waals surface area contributed by atoms with Gasteiger partial charge in [-0.25, -0.2) is 0 Å². The fraction of sp³-hybridized carbons (Fsp3) is 0.231. The van der Waals surface area contributed by atoms with Crippen LogP contribution in [0.5, 0.6) is 0 Å². The smallest absolute Gasteiger partial charge is 0.0260 e. The molecule has 13 heavy (non-hydrogen) atoms. The van der Waals surface area contributed by atoms with E-state index in [9.17, 15) is 0 Å². The van der Waals surface area contributed by atoms with Crippen molar-refractivity contribution in [1.29, 1.82) is 0 Å². The Morgan fingerprint density at radius 2 is 1.85 bits per heavy atom. The van der Waals surface area contributed by atoms with Crippen molar-refractivity contribution in [1.82, 2.24) is 0 Å². The zero-order valence-corrected chi connectivity index (χ0v) is 8.16. The zero-order valence-electron chi connectivity index (χ0n) is 8.16. The molecule has 68 valence electrons. The molecule has 0 saturated heterocycles.